The van der Waals surface area contributed by atoms with Crippen molar-refractivity contribution in [2.75, 3.05) is 11.9 Å². The molecule has 17 heavy (non-hydrogen) atoms. The Morgan fingerprint density at radius 1 is 1.53 bits per heavy atom. The van der Waals surface area contributed by atoms with Crippen molar-refractivity contribution >= 4 is 17.4 Å². The van der Waals surface area contributed by atoms with Gasteiger partial charge in [-0.1, -0.05) is 6.92 Å². The molecule has 7 heteroatoms. The fraction of sp³-hybridized carbons (Fsp3) is 0.300. The lowest BCUT2D eigenvalue weighted by Gasteiger charge is -2.06. The standard InChI is InChI=1S/C10H12FN3O3/c1-2-5-12-10(15)13-7-3-4-8(11)9(6-7)14(16)17/h3-4,6H,2,5H2,1H3,(H2,12,13,15). The average Bonchev–Trinajstić information content (AvgIpc) is 2.28. The number of carbonyl (C=O) groups excluding carboxylic acids is 1. The number of urea groups is 1. The SMILES string of the molecule is CCCNC(=O)Nc1ccc(F)c([N+](=O)[O-])c1. The van der Waals surface area contributed by atoms with E-state index >= 15 is 0 Å². The van der Waals surface area contributed by atoms with Gasteiger partial charge in [0.25, 0.3) is 0 Å². The maximum Gasteiger partial charge on any atom is 0.319 e. The highest BCUT2D eigenvalue weighted by atomic mass is 19.1. The molecule has 92 valence electrons. The van der Waals surface area contributed by atoms with Crippen LogP contribution in [0.2, 0.25) is 0 Å². The fourth-order valence-electron chi connectivity index (χ4n) is 1.14. The van der Waals surface area contributed by atoms with Gasteiger partial charge in [0, 0.05) is 18.3 Å². The molecule has 0 bridgehead atoms. The lowest BCUT2D eigenvalue weighted by molar-refractivity contribution is -0.387. The van der Waals surface area contributed by atoms with Crippen LogP contribution in [0, 0.1) is 15.9 Å². The van der Waals surface area contributed by atoms with Crippen LogP contribution in [0.15, 0.2) is 18.2 Å². The summed E-state index contributed by atoms with van der Waals surface area (Å²) in [6.07, 6.45) is 0.775. The first-order valence-electron chi connectivity index (χ1n) is 5.03. The molecular formula is C10H12FN3O3. The van der Waals surface area contributed by atoms with E-state index < -0.39 is 22.5 Å². The fourth-order valence-corrected chi connectivity index (χ4v) is 1.14. The molecule has 0 saturated carbocycles. The van der Waals surface area contributed by atoms with Crippen molar-refractivity contribution in [2.45, 2.75) is 13.3 Å². The summed E-state index contributed by atoms with van der Waals surface area (Å²) in [5.41, 5.74) is -0.495. The summed E-state index contributed by atoms with van der Waals surface area (Å²) in [6.45, 7) is 2.39. The van der Waals surface area contributed by atoms with Crippen molar-refractivity contribution in [3.8, 4) is 0 Å². The number of amides is 2. The third-order valence-corrected chi connectivity index (χ3v) is 1.94. The van der Waals surface area contributed by atoms with Crippen LogP contribution in [0.5, 0.6) is 0 Å². The topological polar surface area (TPSA) is 84.3 Å². The Morgan fingerprint density at radius 2 is 2.24 bits per heavy atom. The molecule has 0 spiro atoms. The Hall–Kier alpha value is -2.18. The Labute approximate surface area is 97.0 Å². The second-order valence-corrected chi connectivity index (χ2v) is 3.30. The molecule has 0 aliphatic carbocycles. The molecule has 0 aliphatic heterocycles. The van der Waals surface area contributed by atoms with E-state index in [-0.39, 0.29) is 5.69 Å². The van der Waals surface area contributed by atoms with Gasteiger partial charge >= 0.3 is 11.7 Å². The maximum atomic E-state index is 13.0. The number of nitro groups is 1. The summed E-state index contributed by atoms with van der Waals surface area (Å²) >= 11 is 0. The van der Waals surface area contributed by atoms with Crippen LogP contribution in [-0.2, 0) is 0 Å². The van der Waals surface area contributed by atoms with Crippen LogP contribution in [0.1, 0.15) is 13.3 Å². The number of nitrogens with zero attached hydrogens (tertiary/aromatic N) is 1. The van der Waals surface area contributed by atoms with Gasteiger partial charge in [-0.3, -0.25) is 10.1 Å². The van der Waals surface area contributed by atoms with Gasteiger partial charge in [-0.05, 0) is 18.6 Å². The van der Waals surface area contributed by atoms with Gasteiger partial charge in [-0.25, -0.2) is 4.79 Å². The molecule has 0 radical (unpaired) electrons. The lowest BCUT2D eigenvalue weighted by atomic mass is 10.2. The van der Waals surface area contributed by atoms with Crippen molar-refractivity contribution in [1.82, 2.24) is 5.32 Å². The number of nitro benzene ring substituents is 1. The van der Waals surface area contributed by atoms with E-state index in [1.807, 2.05) is 6.92 Å². The van der Waals surface area contributed by atoms with E-state index in [4.69, 9.17) is 0 Å². The Bertz CT molecular complexity index is 437. The minimum Gasteiger partial charge on any atom is -0.338 e. The minimum absolute atomic E-state index is 0.173. The van der Waals surface area contributed by atoms with Gasteiger partial charge in [-0.15, -0.1) is 0 Å². The Balaban J connectivity index is 2.75. The van der Waals surface area contributed by atoms with E-state index in [1.54, 1.807) is 0 Å². The predicted molar refractivity (Wildman–Crippen MR) is 60.4 cm³/mol. The third-order valence-electron chi connectivity index (χ3n) is 1.94. The van der Waals surface area contributed by atoms with Crippen molar-refractivity contribution in [3.63, 3.8) is 0 Å². The van der Waals surface area contributed by atoms with Gasteiger partial charge in [-0.2, -0.15) is 4.39 Å². The first-order valence-corrected chi connectivity index (χ1v) is 5.03. The number of nitrogens with one attached hydrogen (secondary N) is 2. The smallest absolute Gasteiger partial charge is 0.319 e. The van der Waals surface area contributed by atoms with Crippen LogP contribution in [-0.4, -0.2) is 17.5 Å². The zero-order valence-corrected chi connectivity index (χ0v) is 9.20. The molecule has 0 aromatic heterocycles. The number of carbonyl (C=O) groups is 1. The molecule has 6 nitrogen and oxygen atoms in total. The Morgan fingerprint density at radius 3 is 2.82 bits per heavy atom. The van der Waals surface area contributed by atoms with E-state index in [1.165, 1.54) is 6.07 Å². The second-order valence-electron chi connectivity index (χ2n) is 3.30. The summed E-state index contributed by atoms with van der Waals surface area (Å²) in [7, 11) is 0. The number of anilines is 1. The van der Waals surface area contributed by atoms with Crippen molar-refractivity contribution in [2.24, 2.45) is 0 Å². The quantitative estimate of drug-likeness (QED) is 0.626. The van der Waals surface area contributed by atoms with E-state index in [9.17, 15) is 19.3 Å². The third kappa shape index (κ3) is 3.71. The molecular weight excluding hydrogens is 229 g/mol. The number of hydrogen-bond donors (Lipinski definition) is 2. The van der Waals surface area contributed by atoms with Gasteiger partial charge in [0.15, 0.2) is 0 Å². The molecule has 1 rings (SSSR count). The van der Waals surface area contributed by atoms with Gasteiger partial charge in [0.1, 0.15) is 0 Å². The van der Waals surface area contributed by atoms with Crippen LogP contribution in [0.25, 0.3) is 0 Å². The molecule has 1 aromatic carbocycles. The molecule has 0 heterocycles. The van der Waals surface area contributed by atoms with Gasteiger partial charge in [0.05, 0.1) is 4.92 Å². The molecule has 0 aliphatic rings. The highest BCUT2D eigenvalue weighted by Gasteiger charge is 2.14. The molecule has 1 aromatic rings. The molecule has 0 unspecified atom stereocenters. The van der Waals surface area contributed by atoms with Crippen LogP contribution < -0.4 is 10.6 Å². The zero-order valence-electron chi connectivity index (χ0n) is 9.20. The molecule has 0 atom stereocenters. The highest BCUT2D eigenvalue weighted by Crippen LogP contribution is 2.21. The second kappa shape index (κ2) is 5.78. The van der Waals surface area contributed by atoms with Crippen molar-refractivity contribution in [3.05, 3.63) is 34.1 Å². The normalized spacial score (nSPS) is 9.76. The van der Waals surface area contributed by atoms with Crippen LogP contribution >= 0.6 is 0 Å². The van der Waals surface area contributed by atoms with Crippen LogP contribution in [0.4, 0.5) is 20.6 Å². The molecule has 0 saturated heterocycles. The zero-order chi connectivity index (χ0) is 12.8. The van der Waals surface area contributed by atoms with Gasteiger partial charge in [0.2, 0.25) is 5.82 Å². The van der Waals surface area contributed by atoms with Gasteiger partial charge < -0.3 is 10.6 Å². The first kappa shape index (κ1) is 12.9. The van der Waals surface area contributed by atoms with E-state index in [2.05, 4.69) is 10.6 Å². The van der Waals surface area contributed by atoms with Crippen LogP contribution in [0.3, 0.4) is 0 Å². The van der Waals surface area contributed by atoms with E-state index in [0.717, 1.165) is 18.6 Å². The number of halogens is 1. The van der Waals surface area contributed by atoms with E-state index in [0.29, 0.717) is 6.54 Å². The summed E-state index contributed by atoms with van der Waals surface area (Å²) in [5.74, 6) is -0.936. The highest BCUT2D eigenvalue weighted by molar-refractivity contribution is 5.89. The summed E-state index contributed by atoms with van der Waals surface area (Å²) < 4.78 is 13.0. The monoisotopic (exact) mass is 241 g/mol. The summed E-state index contributed by atoms with van der Waals surface area (Å²) in [5, 5.41) is 15.4. The largest absolute Gasteiger partial charge is 0.338 e. The van der Waals surface area contributed by atoms with Crippen molar-refractivity contribution < 1.29 is 14.1 Å². The summed E-state index contributed by atoms with van der Waals surface area (Å²) in [4.78, 5) is 20.9. The predicted octanol–water partition coefficient (Wildman–Crippen LogP) is 2.27. The Kier molecular flexibility index (Phi) is 4.38. The van der Waals surface area contributed by atoms with Crippen molar-refractivity contribution in [1.29, 1.82) is 0 Å². The molecule has 0 fully saturated rings. The minimum atomic E-state index is -0.936. The number of rotatable bonds is 4. The molecule has 2 N–H and O–H groups in total. The summed E-state index contributed by atoms with van der Waals surface area (Å²) in [6, 6.07) is 2.69. The number of benzene rings is 1. The lowest BCUT2D eigenvalue weighted by Crippen LogP contribution is -2.29. The number of hydrogen-bond acceptors (Lipinski definition) is 3. The molecule has 2 amide bonds. The first-order chi connectivity index (χ1) is 8.04. The average molecular weight is 241 g/mol. The maximum absolute atomic E-state index is 13.0.